The summed E-state index contributed by atoms with van der Waals surface area (Å²) in [4.78, 5) is 70.1. The molecule has 2 aliphatic rings. The molecule has 3 atom stereocenters. The van der Waals surface area contributed by atoms with Gasteiger partial charge in [-0.25, -0.2) is 0 Å². The maximum Gasteiger partial charge on any atom is 1.00 e. The third kappa shape index (κ3) is 8.86. The van der Waals surface area contributed by atoms with Gasteiger partial charge in [-0.1, -0.05) is 40.3 Å². The molecule has 2 aromatic heterocycles. The number of rotatable bonds is 14. The Kier molecular flexibility index (Phi) is 13.5. The van der Waals surface area contributed by atoms with Gasteiger partial charge in [0.15, 0.2) is 4.34 Å². The third-order valence-corrected chi connectivity index (χ3v) is 10.6. The normalized spacial score (nSPS) is 17.1. The molecule has 1 aromatic carbocycles. The number of benzene rings is 1. The molecule has 51 heavy (non-hydrogen) atoms. The summed E-state index contributed by atoms with van der Waals surface area (Å²) in [6.07, 6.45) is 0. The van der Waals surface area contributed by atoms with Crippen molar-refractivity contribution in [2.24, 2.45) is 0 Å². The summed E-state index contributed by atoms with van der Waals surface area (Å²) in [6, 6.07) is 1.50. The first-order valence-electron chi connectivity index (χ1n) is 14.3. The fourth-order valence-corrected chi connectivity index (χ4v) is 8.14. The first kappa shape index (κ1) is 39.7. The predicted molar refractivity (Wildman–Crippen MR) is 169 cm³/mol. The van der Waals surface area contributed by atoms with Gasteiger partial charge < -0.3 is 51.0 Å². The van der Waals surface area contributed by atoms with Crippen LogP contribution in [0.3, 0.4) is 0 Å². The van der Waals surface area contributed by atoms with Gasteiger partial charge in [0, 0.05) is 24.6 Å². The van der Waals surface area contributed by atoms with Crippen LogP contribution < -0.4 is 45.3 Å². The second-order valence-electron chi connectivity index (χ2n) is 10.3. The van der Waals surface area contributed by atoms with Crippen LogP contribution in [0.5, 0.6) is 17.6 Å². The van der Waals surface area contributed by atoms with E-state index >= 15 is 0 Å². The number of amides is 4. The molecule has 1 saturated heterocycles. The average Bonchev–Trinajstić information content (AvgIpc) is 3.57. The van der Waals surface area contributed by atoms with Crippen molar-refractivity contribution in [3.8, 4) is 17.6 Å². The molecule has 4 heterocycles. The van der Waals surface area contributed by atoms with E-state index in [0.717, 1.165) is 39.8 Å². The van der Waals surface area contributed by atoms with Crippen molar-refractivity contribution in [3.63, 3.8) is 0 Å². The van der Waals surface area contributed by atoms with E-state index in [0.29, 0.717) is 9.91 Å². The van der Waals surface area contributed by atoms with Gasteiger partial charge in [-0.3, -0.25) is 24.1 Å². The first-order valence-corrected chi connectivity index (χ1v) is 17.2. The summed E-state index contributed by atoms with van der Waals surface area (Å²) in [6.45, 7) is -0.673. The van der Waals surface area contributed by atoms with Crippen molar-refractivity contribution < 1.29 is 84.2 Å². The molecule has 1 fully saturated rings. The molecule has 0 bridgehead atoms. The maximum atomic E-state index is 13.5. The zero-order chi connectivity index (χ0) is 36.1. The van der Waals surface area contributed by atoms with Crippen molar-refractivity contribution in [1.82, 2.24) is 45.8 Å². The molecule has 2 unspecified atom stereocenters. The smallest absolute Gasteiger partial charge is 0.543 e. The number of aliphatic carboxylic acids is 1. The summed E-state index contributed by atoms with van der Waals surface area (Å²) in [5.41, 5.74) is -0.633. The van der Waals surface area contributed by atoms with Crippen molar-refractivity contribution in [3.05, 3.63) is 51.8 Å². The molecular weight excluding hydrogens is 746 g/mol. The largest absolute Gasteiger partial charge is 1.00 e. The number of aliphatic hydroxyl groups excluding tert-OH is 2. The number of nitrogens with zero attached hydrogens (tertiary/aromatic N) is 7. The Morgan fingerprint density at radius 3 is 2.35 bits per heavy atom. The van der Waals surface area contributed by atoms with Crippen LogP contribution in [0.25, 0.3) is 0 Å². The molecule has 7 N–H and O–H groups in total. The molecule has 0 aliphatic carbocycles. The molecular formula is C27H26N9NaO11S3. The molecule has 0 spiro atoms. The number of carbonyl (C=O) groups excluding carboxylic acids is 5. The number of thioether (sulfide) groups is 2. The Hall–Kier alpha value is -4.10. The molecule has 0 radical (unpaired) electrons. The maximum absolute atomic E-state index is 13.5. The number of aromatic nitrogens is 5. The summed E-state index contributed by atoms with van der Waals surface area (Å²) < 4.78 is 0.323. The number of phenols is 1. The Balaban J connectivity index is 0.00000583. The standard InChI is InChI=1S/C27H27N9O11S3.Na/c37-7-5-35(6-8-38)23(44)21-32-34-27(50-21)49-10-12-9-48-24-16(22(43)36(24)17(12)25(45)46)29-18(40)14(11-1-3-13(39)4-2-11)28-19(41)15-20(42)30-26(47)33-31-15;/h1-4,14,16,24,37-39H,5-10H2,(H,28,41)(H,29,40)(H,45,46)(H2,30,33,42,47);/q;+1/p-1/t14?,16?,24-;/m0./s1. The second kappa shape index (κ2) is 17.4. The number of aliphatic hydroxyl groups is 2. The van der Waals surface area contributed by atoms with Gasteiger partial charge >= 0.3 is 35.6 Å². The van der Waals surface area contributed by atoms with Crippen LogP contribution in [0.2, 0.25) is 0 Å². The third-order valence-electron chi connectivity index (χ3n) is 7.16. The predicted octanol–water partition coefficient (Wildman–Crippen LogP) is -6.06. The summed E-state index contributed by atoms with van der Waals surface area (Å²) >= 11 is 3.17. The fraction of sp³-hybridized carbons (Fsp3) is 0.333. The van der Waals surface area contributed by atoms with Crippen molar-refractivity contribution in [2.75, 3.05) is 37.8 Å². The number of phenolic OH excluding ortho intramolecular Hbond substituents is 1. The molecule has 264 valence electrons. The molecule has 20 nitrogen and oxygen atoms in total. The Morgan fingerprint density at radius 2 is 1.73 bits per heavy atom. The minimum atomic E-state index is -1.63. The van der Waals surface area contributed by atoms with Crippen molar-refractivity contribution in [2.45, 2.75) is 21.8 Å². The summed E-state index contributed by atoms with van der Waals surface area (Å²) in [5, 5.41) is 78.0. The number of nitrogens with one attached hydrogen (secondary N) is 2. The van der Waals surface area contributed by atoms with E-state index < -0.39 is 64.6 Å². The average molecular weight is 772 g/mol. The molecule has 5 rings (SSSR count). The van der Waals surface area contributed by atoms with Crippen molar-refractivity contribution >= 4 is 64.5 Å². The SMILES string of the molecule is O=C([O-])C1=C(CSc2nnc(C(=O)N(CCO)CCO)s2)CS[C@H]2C(NC(=O)C(NC(=O)c3nnc(O)nc3O)c3ccc(O)cc3)C(=O)N12.[Na+]. The van der Waals surface area contributed by atoms with Gasteiger partial charge in [0.05, 0.1) is 24.9 Å². The summed E-state index contributed by atoms with van der Waals surface area (Å²) in [5.74, 6) is -5.91. The minimum Gasteiger partial charge on any atom is -0.543 e. The Morgan fingerprint density at radius 1 is 1.04 bits per heavy atom. The van der Waals surface area contributed by atoms with Crippen molar-refractivity contribution in [1.29, 1.82) is 0 Å². The minimum absolute atomic E-state index is 0. The topological polar surface area (TPSA) is 305 Å². The number of hydrogen-bond acceptors (Lipinski definition) is 19. The van der Waals surface area contributed by atoms with E-state index in [1.165, 1.54) is 29.2 Å². The number of carbonyl (C=O) groups is 5. The van der Waals surface area contributed by atoms with E-state index in [1.54, 1.807) is 0 Å². The van der Waals surface area contributed by atoms with E-state index in [9.17, 15) is 54.6 Å². The van der Waals surface area contributed by atoms with E-state index in [1.807, 2.05) is 0 Å². The van der Waals surface area contributed by atoms with Gasteiger partial charge in [-0.15, -0.1) is 27.1 Å². The quantitative estimate of drug-likeness (QED) is 0.0456. The van der Waals surface area contributed by atoms with Crippen LogP contribution in [-0.2, 0) is 14.4 Å². The number of aromatic hydroxyl groups is 3. The number of carboxylic acids is 1. The summed E-state index contributed by atoms with van der Waals surface area (Å²) in [7, 11) is 0. The van der Waals surface area contributed by atoms with Gasteiger partial charge in [0.25, 0.3) is 17.7 Å². The molecule has 4 amide bonds. The van der Waals surface area contributed by atoms with Crippen LogP contribution >= 0.6 is 34.9 Å². The van der Waals surface area contributed by atoms with Gasteiger partial charge in [-0.2, -0.15) is 4.98 Å². The van der Waals surface area contributed by atoms with Gasteiger partial charge in [0.1, 0.15) is 23.2 Å². The first-order chi connectivity index (χ1) is 23.9. The zero-order valence-electron chi connectivity index (χ0n) is 26.3. The fourth-order valence-electron chi connectivity index (χ4n) is 4.84. The molecule has 2 aliphatic heterocycles. The van der Waals surface area contributed by atoms with E-state index in [4.69, 9.17) is 0 Å². The molecule has 0 saturated carbocycles. The van der Waals surface area contributed by atoms with E-state index in [2.05, 4.69) is 36.0 Å². The number of fused-ring (bicyclic) bond motifs is 1. The van der Waals surface area contributed by atoms with Crippen LogP contribution in [0.15, 0.2) is 39.9 Å². The van der Waals surface area contributed by atoms with Crippen LogP contribution in [0.1, 0.15) is 31.9 Å². The Labute approximate surface area is 321 Å². The Bertz CT molecular complexity index is 1840. The van der Waals surface area contributed by atoms with Crippen LogP contribution in [0, 0.1) is 0 Å². The molecule has 24 heteroatoms. The monoisotopic (exact) mass is 771 g/mol. The van der Waals surface area contributed by atoms with E-state index in [-0.39, 0.29) is 89.4 Å². The number of hydrogen-bond donors (Lipinski definition) is 7. The molecule has 3 aromatic rings. The van der Waals surface area contributed by atoms with Crippen LogP contribution in [0.4, 0.5) is 0 Å². The van der Waals surface area contributed by atoms with Crippen LogP contribution in [-0.4, -0.2) is 140 Å². The number of carboxylic acid groups (broad SMARTS) is 1. The van der Waals surface area contributed by atoms with Gasteiger partial charge in [-0.05, 0) is 23.3 Å². The number of β-lactam (4-membered cyclic amide) rings is 1. The zero-order valence-corrected chi connectivity index (χ0v) is 30.8. The van der Waals surface area contributed by atoms with Gasteiger partial charge in [0.2, 0.25) is 22.5 Å². The second-order valence-corrected chi connectivity index (χ2v) is 13.6.